The van der Waals surface area contributed by atoms with Gasteiger partial charge in [-0.3, -0.25) is 0 Å². The highest BCUT2D eigenvalue weighted by Crippen LogP contribution is 2.23. The molecule has 2 aromatic rings. The minimum absolute atomic E-state index is 0.480. The van der Waals surface area contributed by atoms with Crippen LogP contribution >= 0.6 is 0 Å². The van der Waals surface area contributed by atoms with Crippen molar-refractivity contribution in [2.24, 2.45) is 0 Å². The van der Waals surface area contributed by atoms with Crippen LogP contribution in [0.25, 0.3) is 11.1 Å². The molecule has 0 atom stereocenters. The maximum absolute atomic E-state index is 9.34. The Kier molecular flexibility index (Phi) is 5.94. The molecule has 2 rings (SSSR count). The number of nitrogens with zero attached hydrogens (tertiary/aromatic N) is 1. The first kappa shape index (κ1) is 17.2. The van der Waals surface area contributed by atoms with Gasteiger partial charge in [-0.15, -0.1) is 0 Å². The molecule has 2 N–H and O–H groups in total. The smallest absolute Gasteiger partial charge is 0.329 e. The van der Waals surface area contributed by atoms with Crippen LogP contribution in [0.15, 0.2) is 48.5 Å². The Morgan fingerprint density at radius 2 is 1.52 bits per heavy atom. The fourth-order valence-corrected chi connectivity index (χ4v) is 3.15. The molecule has 0 bridgehead atoms. The molecule has 0 radical (unpaired) electrons. The maximum atomic E-state index is 9.34. The van der Waals surface area contributed by atoms with Crippen LogP contribution in [0.2, 0.25) is 12.6 Å². The number of ether oxygens (including phenoxy) is 1. The van der Waals surface area contributed by atoms with Crippen molar-refractivity contribution in [1.82, 2.24) is 0 Å². The molecule has 0 spiro atoms. The second-order valence-electron chi connectivity index (χ2n) is 5.74. The van der Waals surface area contributed by atoms with Gasteiger partial charge >= 0.3 is 8.56 Å². The van der Waals surface area contributed by atoms with Gasteiger partial charge in [-0.05, 0) is 60.8 Å². The lowest BCUT2D eigenvalue weighted by atomic mass is 10.0. The molecule has 0 heterocycles. The highest BCUT2D eigenvalue weighted by atomic mass is 28.4. The van der Waals surface area contributed by atoms with Crippen molar-refractivity contribution >= 4 is 8.56 Å². The predicted octanol–water partition coefficient (Wildman–Crippen LogP) is 3.44. The average Bonchev–Trinajstić information content (AvgIpc) is 2.54. The molecule has 5 heteroatoms. The zero-order valence-corrected chi connectivity index (χ0v) is 14.2. The first-order valence-corrected chi connectivity index (χ1v) is 10.3. The highest BCUT2D eigenvalue weighted by Gasteiger charge is 2.19. The third-order valence-corrected chi connectivity index (χ3v) is 4.82. The summed E-state index contributed by atoms with van der Waals surface area (Å²) in [6.07, 6.45) is 1.57. The van der Waals surface area contributed by atoms with Gasteiger partial charge in [0.25, 0.3) is 0 Å². The Bertz CT molecular complexity index is 655. The van der Waals surface area contributed by atoms with Crippen LogP contribution < -0.4 is 4.74 Å². The van der Waals surface area contributed by atoms with Crippen LogP contribution in [0.5, 0.6) is 5.75 Å². The fourth-order valence-electron chi connectivity index (χ4n) is 2.23. The van der Waals surface area contributed by atoms with Crippen LogP contribution in [0.1, 0.15) is 18.4 Å². The van der Waals surface area contributed by atoms with E-state index < -0.39 is 8.56 Å². The molecule has 0 saturated heterocycles. The molecule has 4 nitrogen and oxygen atoms in total. The van der Waals surface area contributed by atoms with E-state index >= 15 is 0 Å². The quantitative estimate of drug-likeness (QED) is 0.603. The monoisotopic (exact) mass is 327 g/mol. The summed E-state index contributed by atoms with van der Waals surface area (Å²) in [5.74, 6) is 0.801. The van der Waals surface area contributed by atoms with E-state index in [2.05, 4.69) is 6.07 Å². The van der Waals surface area contributed by atoms with E-state index in [-0.39, 0.29) is 0 Å². The molecule has 120 valence electrons. The standard InChI is InChI=1S/C18H21NO3Si/c1-23(20,21)13-3-2-12-22-18-10-8-17(9-11-18)16-6-4-15(14-19)5-7-16/h4-11,20-21H,2-3,12-13H2,1H3. The minimum Gasteiger partial charge on any atom is -0.494 e. The van der Waals surface area contributed by atoms with Crippen LogP contribution in [-0.2, 0) is 0 Å². The summed E-state index contributed by atoms with van der Waals surface area (Å²) in [6, 6.07) is 17.9. The summed E-state index contributed by atoms with van der Waals surface area (Å²) in [5.41, 5.74) is 2.79. The summed E-state index contributed by atoms with van der Waals surface area (Å²) in [6.45, 7) is 2.09. The third-order valence-electron chi connectivity index (χ3n) is 3.52. The van der Waals surface area contributed by atoms with E-state index in [1.807, 2.05) is 36.4 Å². The molecule has 0 fully saturated rings. The lowest BCUT2D eigenvalue weighted by Crippen LogP contribution is -2.29. The Hall–Kier alpha value is -2.13. The number of benzene rings is 2. The van der Waals surface area contributed by atoms with Gasteiger partial charge in [0.05, 0.1) is 18.2 Å². The summed E-state index contributed by atoms with van der Waals surface area (Å²) in [4.78, 5) is 18.7. The van der Waals surface area contributed by atoms with Crippen LogP contribution in [0, 0.1) is 11.3 Å². The average molecular weight is 327 g/mol. The predicted molar refractivity (Wildman–Crippen MR) is 92.2 cm³/mol. The summed E-state index contributed by atoms with van der Waals surface area (Å²) >= 11 is 0. The number of nitriles is 1. The zero-order valence-electron chi connectivity index (χ0n) is 13.2. The Morgan fingerprint density at radius 1 is 0.957 bits per heavy atom. The zero-order chi connectivity index (χ0) is 16.7. The van der Waals surface area contributed by atoms with Gasteiger partial charge in [0.15, 0.2) is 0 Å². The SMILES string of the molecule is C[Si](O)(O)CCCCOc1ccc(-c2ccc(C#N)cc2)cc1. The molecule has 0 saturated carbocycles. The molecule has 0 amide bonds. The van der Waals surface area contributed by atoms with Crippen molar-refractivity contribution in [3.63, 3.8) is 0 Å². The van der Waals surface area contributed by atoms with Crippen molar-refractivity contribution in [1.29, 1.82) is 5.26 Å². The van der Waals surface area contributed by atoms with Crippen LogP contribution in [-0.4, -0.2) is 24.8 Å². The minimum atomic E-state index is -2.91. The van der Waals surface area contributed by atoms with E-state index in [1.165, 1.54) is 6.55 Å². The molecule has 2 aromatic carbocycles. The maximum Gasteiger partial charge on any atom is 0.329 e. The van der Waals surface area contributed by atoms with Gasteiger partial charge in [-0.25, -0.2) is 0 Å². The Morgan fingerprint density at radius 3 is 2.04 bits per heavy atom. The fraction of sp³-hybridized carbons (Fsp3) is 0.278. The number of rotatable bonds is 7. The first-order chi connectivity index (χ1) is 11.0. The largest absolute Gasteiger partial charge is 0.494 e. The molecular weight excluding hydrogens is 306 g/mol. The molecule has 0 aliphatic carbocycles. The van der Waals surface area contributed by atoms with E-state index in [1.54, 1.807) is 12.1 Å². The molecular formula is C18H21NO3Si. The molecule has 0 unspecified atom stereocenters. The van der Waals surface area contributed by atoms with Gasteiger partial charge < -0.3 is 14.3 Å². The molecule has 23 heavy (non-hydrogen) atoms. The normalized spacial score (nSPS) is 11.0. The van der Waals surface area contributed by atoms with Crippen LogP contribution in [0.4, 0.5) is 0 Å². The lowest BCUT2D eigenvalue weighted by Gasteiger charge is -2.11. The van der Waals surface area contributed by atoms with Gasteiger partial charge in [0.2, 0.25) is 0 Å². The highest BCUT2D eigenvalue weighted by molar-refractivity contribution is 6.63. The van der Waals surface area contributed by atoms with Crippen molar-refractivity contribution in [3.8, 4) is 22.9 Å². The number of hydrogen-bond donors (Lipinski definition) is 2. The van der Waals surface area contributed by atoms with Crippen molar-refractivity contribution in [2.45, 2.75) is 25.4 Å². The lowest BCUT2D eigenvalue weighted by molar-refractivity contribution is 0.304. The van der Waals surface area contributed by atoms with Crippen molar-refractivity contribution in [2.75, 3.05) is 6.61 Å². The van der Waals surface area contributed by atoms with E-state index in [4.69, 9.17) is 10.00 Å². The van der Waals surface area contributed by atoms with Gasteiger partial charge in [-0.2, -0.15) is 5.26 Å². The Balaban J connectivity index is 1.83. The third kappa shape index (κ3) is 5.87. The van der Waals surface area contributed by atoms with E-state index in [0.717, 1.165) is 29.7 Å². The van der Waals surface area contributed by atoms with E-state index in [0.29, 0.717) is 18.2 Å². The number of hydrogen-bond acceptors (Lipinski definition) is 4. The molecule has 0 aromatic heterocycles. The van der Waals surface area contributed by atoms with Gasteiger partial charge in [0.1, 0.15) is 5.75 Å². The van der Waals surface area contributed by atoms with Crippen LogP contribution in [0.3, 0.4) is 0 Å². The summed E-state index contributed by atoms with van der Waals surface area (Å²) < 4.78 is 5.66. The number of unbranched alkanes of at least 4 members (excludes halogenated alkanes) is 1. The van der Waals surface area contributed by atoms with Gasteiger partial charge in [0, 0.05) is 0 Å². The topological polar surface area (TPSA) is 73.5 Å². The Labute approximate surface area is 137 Å². The molecule has 0 aliphatic heterocycles. The summed E-state index contributed by atoms with van der Waals surface area (Å²) in [7, 11) is -2.91. The summed E-state index contributed by atoms with van der Waals surface area (Å²) in [5, 5.41) is 8.81. The molecule has 0 aliphatic rings. The van der Waals surface area contributed by atoms with E-state index in [9.17, 15) is 9.59 Å². The first-order valence-electron chi connectivity index (χ1n) is 7.66. The second kappa shape index (κ2) is 7.93. The van der Waals surface area contributed by atoms with Crippen molar-refractivity contribution in [3.05, 3.63) is 54.1 Å². The van der Waals surface area contributed by atoms with Gasteiger partial charge in [-0.1, -0.05) is 24.3 Å². The van der Waals surface area contributed by atoms with Crippen molar-refractivity contribution < 1.29 is 14.3 Å². The second-order valence-corrected chi connectivity index (χ2v) is 8.67.